The van der Waals surface area contributed by atoms with E-state index in [4.69, 9.17) is 9.84 Å². The van der Waals surface area contributed by atoms with Crippen molar-refractivity contribution in [3.63, 3.8) is 0 Å². The van der Waals surface area contributed by atoms with Gasteiger partial charge in [-0.3, -0.25) is 9.67 Å². The molecular weight excluding hydrogens is 210 g/mol. The van der Waals surface area contributed by atoms with E-state index in [-0.39, 0.29) is 11.3 Å². The van der Waals surface area contributed by atoms with Crippen molar-refractivity contribution in [3.8, 4) is 11.5 Å². The highest BCUT2D eigenvalue weighted by Crippen LogP contribution is 2.23. The summed E-state index contributed by atoms with van der Waals surface area (Å²) in [6, 6.07) is 1.50. The Bertz CT molecular complexity index is 522. The lowest BCUT2D eigenvalue weighted by Gasteiger charge is -2.04. The molecule has 2 aromatic rings. The smallest absolute Gasteiger partial charge is 0.341 e. The van der Waals surface area contributed by atoms with Crippen molar-refractivity contribution in [2.45, 2.75) is 0 Å². The maximum atomic E-state index is 10.9. The molecule has 0 amide bonds. The van der Waals surface area contributed by atoms with Crippen molar-refractivity contribution in [3.05, 3.63) is 36.4 Å². The van der Waals surface area contributed by atoms with Crippen molar-refractivity contribution in [2.24, 2.45) is 7.05 Å². The van der Waals surface area contributed by atoms with Crippen LogP contribution in [0.15, 0.2) is 30.9 Å². The predicted molar refractivity (Wildman–Crippen MR) is 54.5 cm³/mol. The summed E-state index contributed by atoms with van der Waals surface area (Å²) in [5.41, 5.74) is 0.0198. The highest BCUT2D eigenvalue weighted by Gasteiger charge is 2.12. The second kappa shape index (κ2) is 4.01. The van der Waals surface area contributed by atoms with E-state index in [2.05, 4.69) is 10.1 Å². The first-order valence-electron chi connectivity index (χ1n) is 4.50. The Hall–Kier alpha value is -2.37. The third kappa shape index (κ3) is 2.00. The first kappa shape index (κ1) is 10.2. The maximum absolute atomic E-state index is 10.9. The third-order valence-electron chi connectivity index (χ3n) is 1.92. The van der Waals surface area contributed by atoms with Gasteiger partial charge in [-0.2, -0.15) is 5.10 Å². The lowest BCUT2D eigenvalue weighted by atomic mass is 10.2. The first-order chi connectivity index (χ1) is 7.66. The Labute approximate surface area is 91.1 Å². The molecule has 0 bridgehead atoms. The number of aryl methyl sites for hydroxylation is 1. The fourth-order valence-corrected chi connectivity index (χ4v) is 1.21. The number of hydrogen-bond donors (Lipinski definition) is 1. The number of carbonyl (C=O) groups is 1. The summed E-state index contributed by atoms with van der Waals surface area (Å²) < 4.78 is 6.95. The summed E-state index contributed by atoms with van der Waals surface area (Å²) >= 11 is 0. The van der Waals surface area contributed by atoms with Crippen LogP contribution in [0.1, 0.15) is 10.4 Å². The van der Waals surface area contributed by atoms with Crippen LogP contribution in [0.5, 0.6) is 11.5 Å². The van der Waals surface area contributed by atoms with Crippen molar-refractivity contribution >= 4 is 5.97 Å². The molecule has 6 heteroatoms. The van der Waals surface area contributed by atoms with E-state index in [9.17, 15) is 4.79 Å². The van der Waals surface area contributed by atoms with Crippen LogP contribution in [0.3, 0.4) is 0 Å². The van der Waals surface area contributed by atoms with Gasteiger partial charge in [-0.15, -0.1) is 0 Å². The molecule has 16 heavy (non-hydrogen) atoms. The zero-order valence-electron chi connectivity index (χ0n) is 8.49. The predicted octanol–water partition coefficient (Wildman–Crippen LogP) is 1.31. The van der Waals surface area contributed by atoms with Crippen molar-refractivity contribution in [1.29, 1.82) is 0 Å². The molecule has 0 unspecified atom stereocenters. The zero-order chi connectivity index (χ0) is 11.5. The van der Waals surface area contributed by atoms with Gasteiger partial charge < -0.3 is 9.84 Å². The summed E-state index contributed by atoms with van der Waals surface area (Å²) in [7, 11) is 1.75. The molecule has 2 aromatic heterocycles. The number of carboxylic acid groups (broad SMARTS) is 1. The quantitative estimate of drug-likeness (QED) is 0.841. The number of carboxylic acids is 1. The summed E-state index contributed by atoms with van der Waals surface area (Å²) in [4.78, 5) is 14.6. The van der Waals surface area contributed by atoms with Crippen LogP contribution in [0.4, 0.5) is 0 Å². The van der Waals surface area contributed by atoms with Gasteiger partial charge in [0, 0.05) is 25.5 Å². The molecule has 1 N–H and O–H groups in total. The second-order valence-electron chi connectivity index (χ2n) is 3.13. The minimum atomic E-state index is -1.08. The van der Waals surface area contributed by atoms with Gasteiger partial charge in [0.2, 0.25) is 0 Å². The molecule has 0 fully saturated rings. The summed E-state index contributed by atoms with van der Waals surface area (Å²) in [6.45, 7) is 0. The van der Waals surface area contributed by atoms with E-state index >= 15 is 0 Å². The highest BCUT2D eigenvalue weighted by molar-refractivity contribution is 5.90. The van der Waals surface area contributed by atoms with Gasteiger partial charge in [0.1, 0.15) is 11.3 Å². The molecule has 6 nitrogen and oxygen atoms in total. The Morgan fingerprint density at radius 3 is 2.94 bits per heavy atom. The Kier molecular flexibility index (Phi) is 2.55. The molecule has 0 aliphatic carbocycles. The molecule has 0 radical (unpaired) electrons. The normalized spacial score (nSPS) is 10.1. The van der Waals surface area contributed by atoms with Crippen LogP contribution in [-0.4, -0.2) is 25.8 Å². The molecule has 0 saturated heterocycles. The summed E-state index contributed by atoms with van der Waals surface area (Å²) in [5, 5.41) is 12.8. The van der Waals surface area contributed by atoms with Gasteiger partial charge in [0.05, 0.1) is 12.4 Å². The largest absolute Gasteiger partial charge is 0.477 e. The van der Waals surface area contributed by atoms with Crippen molar-refractivity contribution in [2.75, 3.05) is 0 Å². The molecule has 0 aliphatic rings. The SMILES string of the molecule is Cn1cc(Oc2ccncc2C(=O)O)cn1. The number of aromatic carboxylic acids is 1. The van der Waals surface area contributed by atoms with Gasteiger partial charge in [-0.05, 0) is 0 Å². The summed E-state index contributed by atoms with van der Waals surface area (Å²) in [6.07, 6.45) is 5.87. The number of hydrogen-bond acceptors (Lipinski definition) is 4. The lowest BCUT2D eigenvalue weighted by Crippen LogP contribution is -2.00. The first-order valence-corrected chi connectivity index (χ1v) is 4.50. The lowest BCUT2D eigenvalue weighted by molar-refractivity contribution is 0.0693. The van der Waals surface area contributed by atoms with E-state index in [0.717, 1.165) is 0 Å². The molecule has 0 atom stereocenters. The number of aromatic nitrogens is 3. The van der Waals surface area contributed by atoms with E-state index in [0.29, 0.717) is 5.75 Å². The average Bonchev–Trinajstić information content (AvgIpc) is 2.64. The van der Waals surface area contributed by atoms with Gasteiger partial charge in [0.15, 0.2) is 5.75 Å². The van der Waals surface area contributed by atoms with Crippen LogP contribution in [0, 0.1) is 0 Å². The summed E-state index contributed by atoms with van der Waals surface area (Å²) in [5.74, 6) is -0.348. The van der Waals surface area contributed by atoms with E-state index in [1.165, 1.54) is 24.7 Å². The molecular formula is C10H9N3O3. The van der Waals surface area contributed by atoms with Gasteiger partial charge in [-0.25, -0.2) is 4.79 Å². The minimum Gasteiger partial charge on any atom is -0.477 e. The molecule has 2 heterocycles. The molecule has 0 saturated carbocycles. The van der Waals surface area contributed by atoms with Gasteiger partial charge in [0.25, 0.3) is 0 Å². The van der Waals surface area contributed by atoms with E-state index in [1.807, 2.05) is 0 Å². The minimum absolute atomic E-state index is 0.0198. The zero-order valence-corrected chi connectivity index (χ0v) is 8.49. The Balaban J connectivity index is 2.31. The van der Waals surface area contributed by atoms with Crippen LogP contribution in [0.25, 0.3) is 0 Å². The average molecular weight is 219 g/mol. The molecule has 2 rings (SSSR count). The highest BCUT2D eigenvalue weighted by atomic mass is 16.5. The van der Waals surface area contributed by atoms with Crippen LogP contribution in [0.2, 0.25) is 0 Å². The van der Waals surface area contributed by atoms with E-state index in [1.54, 1.807) is 17.9 Å². The van der Waals surface area contributed by atoms with Crippen molar-refractivity contribution in [1.82, 2.24) is 14.8 Å². The number of nitrogens with zero attached hydrogens (tertiary/aromatic N) is 3. The van der Waals surface area contributed by atoms with Crippen molar-refractivity contribution < 1.29 is 14.6 Å². The molecule has 0 spiro atoms. The number of rotatable bonds is 3. The van der Waals surface area contributed by atoms with Crippen LogP contribution < -0.4 is 4.74 Å². The molecule has 0 aliphatic heterocycles. The van der Waals surface area contributed by atoms with Crippen LogP contribution in [-0.2, 0) is 7.05 Å². The Morgan fingerprint density at radius 1 is 1.50 bits per heavy atom. The fraction of sp³-hybridized carbons (Fsp3) is 0.100. The van der Waals surface area contributed by atoms with Crippen LogP contribution >= 0.6 is 0 Å². The Morgan fingerprint density at radius 2 is 2.31 bits per heavy atom. The standard InChI is InChI=1S/C10H9N3O3/c1-13-6-7(4-12-13)16-9-2-3-11-5-8(9)10(14)15/h2-6H,1H3,(H,14,15). The second-order valence-corrected chi connectivity index (χ2v) is 3.13. The van der Waals surface area contributed by atoms with E-state index < -0.39 is 5.97 Å². The maximum Gasteiger partial charge on any atom is 0.341 e. The molecule has 82 valence electrons. The fourth-order valence-electron chi connectivity index (χ4n) is 1.21. The number of pyridine rings is 1. The van der Waals surface area contributed by atoms with Gasteiger partial charge in [-0.1, -0.05) is 0 Å². The topological polar surface area (TPSA) is 77.2 Å². The monoisotopic (exact) mass is 219 g/mol. The third-order valence-corrected chi connectivity index (χ3v) is 1.92. The molecule has 0 aromatic carbocycles. The van der Waals surface area contributed by atoms with Gasteiger partial charge >= 0.3 is 5.97 Å². The number of ether oxygens (including phenoxy) is 1.